The molecule has 2 heterocycles. The Kier molecular flexibility index (Phi) is 7.11. The highest BCUT2D eigenvalue weighted by atomic mass is 35.5. The van der Waals surface area contributed by atoms with Crippen LogP contribution in [0.3, 0.4) is 0 Å². The SMILES string of the molecule is O=C(c1ccc(/C=C/c2ccc(Cl)cc2Cl)cc1)N1CCC(N2CCOCC2)CC1. The molecule has 0 spiro atoms. The number of carbonyl (C=O) groups is 1. The van der Waals surface area contributed by atoms with Crippen molar-refractivity contribution in [2.45, 2.75) is 18.9 Å². The van der Waals surface area contributed by atoms with Gasteiger partial charge in [0.2, 0.25) is 0 Å². The standard InChI is InChI=1S/C24H26Cl2N2O2/c25-21-8-7-19(23(26)17-21)4-1-18-2-5-20(6-3-18)24(29)28-11-9-22(10-12-28)27-13-15-30-16-14-27/h1-8,17,22H,9-16H2/b4-1+. The van der Waals surface area contributed by atoms with Gasteiger partial charge in [-0.1, -0.05) is 53.6 Å². The predicted molar refractivity (Wildman–Crippen MR) is 123 cm³/mol. The Balaban J connectivity index is 1.33. The molecule has 0 aliphatic carbocycles. The number of ether oxygens (including phenoxy) is 1. The number of halogens is 2. The topological polar surface area (TPSA) is 32.8 Å². The van der Waals surface area contributed by atoms with Crippen molar-refractivity contribution in [1.82, 2.24) is 9.80 Å². The van der Waals surface area contributed by atoms with Crippen LogP contribution in [0, 0.1) is 0 Å². The first-order chi connectivity index (χ1) is 14.6. The Morgan fingerprint density at radius 3 is 2.30 bits per heavy atom. The lowest BCUT2D eigenvalue weighted by atomic mass is 10.0. The summed E-state index contributed by atoms with van der Waals surface area (Å²) in [6.07, 6.45) is 6.01. The summed E-state index contributed by atoms with van der Waals surface area (Å²) in [5, 5.41) is 1.24. The van der Waals surface area contributed by atoms with Crippen molar-refractivity contribution in [3.05, 3.63) is 69.2 Å². The number of hydrogen-bond donors (Lipinski definition) is 0. The van der Waals surface area contributed by atoms with E-state index >= 15 is 0 Å². The fourth-order valence-corrected chi connectivity index (χ4v) is 4.59. The first kappa shape index (κ1) is 21.4. The van der Waals surface area contributed by atoms with Crippen molar-refractivity contribution in [3.63, 3.8) is 0 Å². The molecule has 4 nitrogen and oxygen atoms in total. The van der Waals surface area contributed by atoms with Crippen LogP contribution in [0.4, 0.5) is 0 Å². The third kappa shape index (κ3) is 5.25. The maximum atomic E-state index is 12.9. The number of likely N-dealkylation sites (tertiary alicyclic amines) is 1. The van der Waals surface area contributed by atoms with E-state index in [2.05, 4.69) is 4.90 Å². The summed E-state index contributed by atoms with van der Waals surface area (Å²) in [5.41, 5.74) is 2.66. The average Bonchev–Trinajstić information content (AvgIpc) is 2.79. The van der Waals surface area contributed by atoms with Crippen molar-refractivity contribution in [3.8, 4) is 0 Å². The second kappa shape index (κ2) is 9.97. The van der Waals surface area contributed by atoms with E-state index in [9.17, 15) is 4.79 Å². The zero-order valence-electron chi connectivity index (χ0n) is 16.9. The van der Waals surface area contributed by atoms with E-state index in [0.717, 1.165) is 68.9 Å². The minimum Gasteiger partial charge on any atom is -0.379 e. The zero-order valence-corrected chi connectivity index (χ0v) is 18.4. The third-order valence-corrected chi connectivity index (χ3v) is 6.45. The molecule has 4 rings (SSSR count). The molecule has 0 unspecified atom stereocenters. The zero-order chi connectivity index (χ0) is 20.9. The summed E-state index contributed by atoms with van der Waals surface area (Å²) < 4.78 is 5.45. The van der Waals surface area contributed by atoms with Gasteiger partial charge < -0.3 is 9.64 Å². The van der Waals surface area contributed by atoms with Crippen LogP contribution in [0.25, 0.3) is 12.2 Å². The second-order valence-electron chi connectivity index (χ2n) is 7.79. The summed E-state index contributed by atoms with van der Waals surface area (Å²) in [6.45, 7) is 5.30. The third-order valence-electron chi connectivity index (χ3n) is 5.89. The van der Waals surface area contributed by atoms with Crippen LogP contribution in [-0.2, 0) is 4.74 Å². The van der Waals surface area contributed by atoms with Crippen LogP contribution in [0.5, 0.6) is 0 Å². The first-order valence-corrected chi connectivity index (χ1v) is 11.2. The monoisotopic (exact) mass is 444 g/mol. The molecule has 0 atom stereocenters. The quantitative estimate of drug-likeness (QED) is 0.614. The van der Waals surface area contributed by atoms with Gasteiger partial charge in [-0.2, -0.15) is 0 Å². The van der Waals surface area contributed by atoms with Crippen LogP contribution >= 0.6 is 23.2 Å². The molecule has 2 saturated heterocycles. The molecule has 6 heteroatoms. The summed E-state index contributed by atoms with van der Waals surface area (Å²) in [6, 6.07) is 13.7. The van der Waals surface area contributed by atoms with Gasteiger partial charge in [0.25, 0.3) is 5.91 Å². The number of amides is 1. The maximum absolute atomic E-state index is 12.9. The number of morpholine rings is 1. The Morgan fingerprint density at radius 1 is 0.933 bits per heavy atom. The average molecular weight is 445 g/mol. The summed E-state index contributed by atoms with van der Waals surface area (Å²) in [5.74, 6) is 0.117. The van der Waals surface area contributed by atoms with Gasteiger partial charge >= 0.3 is 0 Å². The molecule has 2 aromatic carbocycles. The first-order valence-electron chi connectivity index (χ1n) is 10.4. The lowest BCUT2D eigenvalue weighted by Gasteiger charge is -2.40. The maximum Gasteiger partial charge on any atom is 0.253 e. The minimum atomic E-state index is 0.117. The van der Waals surface area contributed by atoms with E-state index in [1.54, 1.807) is 6.07 Å². The molecule has 158 valence electrons. The highest BCUT2D eigenvalue weighted by Crippen LogP contribution is 2.23. The molecule has 0 saturated carbocycles. The van der Waals surface area contributed by atoms with Crippen molar-refractivity contribution in [2.75, 3.05) is 39.4 Å². The largest absolute Gasteiger partial charge is 0.379 e. The van der Waals surface area contributed by atoms with Crippen molar-refractivity contribution < 1.29 is 9.53 Å². The van der Waals surface area contributed by atoms with Crippen LogP contribution in [0.15, 0.2) is 42.5 Å². The Bertz CT molecular complexity index is 900. The van der Waals surface area contributed by atoms with Crippen molar-refractivity contribution in [2.24, 2.45) is 0 Å². The van der Waals surface area contributed by atoms with E-state index in [1.165, 1.54) is 0 Å². The molecule has 30 heavy (non-hydrogen) atoms. The van der Waals surface area contributed by atoms with E-state index in [0.29, 0.717) is 16.1 Å². The van der Waals surface area contributed by atoms with Crippen LogP contribution in [0.1, 0.15) is 34.3 Å². The van der Waals surface area contributed by atoms with Crippen LogP contribution in [-0.4, -0.2) is 61.1 Å². The van der Waals surface area contributed by atoms with E-state index in [-0.39, 0.29) is 5.91 Å². The predicted octanol–water partition coefficient (Wildman–Crippen LogP) is 5.10. The fraction of sp³-hybridized carbons (Fsp3) is 0.375. The minimum absolute atomic E-state index is 0.117. The van der Waals surface area contributed by atoms with Crippen molar-refractivity contribution >= 4 is 41.3 Å². The highest BCUT2D eigenvalue weighted by Gasteiger charge is 2.28. The van der Waals surface area contributed by atoms with Gasteiger partial charge in [0.15, 0.2) is 0 Å². The van der Waals surface area contributed by atoms with E-state index in [4.69, 9.17) is 27.9 Å². The lowest BCUT2D eigenvalue weighted by Crippen LogP contribution is -2.50. The number of piperidine rings is 1. The molecule has 0 N–H and O–H groups in total. The van der Waals surface area contributed by atoms with Crippen molar-refractivity contribution in [1.29, 1.82) is 0 Å². The lowest BCUT2D eigenvalue weighted by molar-refractivity contribution is 0.00159. The molecule has 2 aliphatic rings. The summed E-state index contributed by atoms with van der Waals surface area (Å²) in [7, 11) is 0. The van der Waals surface area contributed by atoms with Gasteiger partial charge in [-0.05, 0) is 48.2 Å². The molecular weight excluding hydrogens is 419 g/mol. The fourth-order valence-electron chi connectivity index (χ4n) is 4.12. The number of carbonyl (C=O) groups excluding carboxylic acids is 1. The Hall–Kier alpha value is -1.85. The molecule has 1 amide bonds. The molecular formula is C24H26Cl2N2O2. The Labute approximate surface area is 188 Å². The number of benzene rings is 2. The molecule has 2 fully saturated rings. The molecule has 0 radical (unpaired) electrons. The van der Waals surface area contributed by atoms with E-state index in [1.807, 2.05) is 53.5 Å². The molecule has 0 aromatic heterocycles. The number of hydrogen-bond acceptors (Lipinski definition) is 3. The summed E-state index contributed by atoms with van der Waals surface area (Å²) >= 11 is 12.2. The Morgan fingerprint density at radius 2 is 1.63 bits per heavy atom. The van der Waals surface area contributed by atoms with Crippen LogP contribution < -0.4 is 0 Å². The molecule has 2 aromatic rings. The highest BCUT2D eigenvalue weighted by molar-refractivity contribution is 6.35. The van der Waals surface area contributed by atoms with Gasteiger partial charge in [-0.3, -0.25) is 9.69 Å². The number of rotatable bonds is 4. The van der Waals surface area contributed by atoms with Crippen LogP contribution in [0.2, 0.25) is 10.0 Å². The van der Waals surface area contributed by atoms with Gasteiger partial charge in [0.1, 0.15) is 0 Å². The molecule has 2 aliphatic heterocycles. The van der Waals surface area contributed by atoms with E-state index < -0.39 is 0 Å². The number of nitrogens with zero attached hydrogens (tertiary/aromatic N) is 2. The van der Waals surface area contributed by atoms with Gasteiger partial charge in [-0.15, -0.1) is 0 Å². The second-order valence-corrected chi connectivity index (χ2v) is 8.64. The van der Waals surface area contributed by atoms with Gasteiger partial charge in [0, 0.05) is 47.8 Å². The van der Waals surface area contributed by atoms with Gasteiger partial charge in [-0.25, -0.2) is 0 Å². The normalized spacial score (nSPS) is 18.8. The summed E-state index contributed by atoms with van der Waals surface area (Å²) in [4.78, 5) is 17.4. The van der Waals surface area contributed by atoms with Gasteiger partial charge in [0.05, 0.1) is 13.2 Å². The smallest absolute Gasteiger partial charge is 0.253 e. The molecule has 0 bridgehead atoms.